The van der Waals surface area contributed by atoms with Gasteiger partial charge in [-0.2, -0.15) is 5.10 Å². The zero-order valence-electron chi connectivity index (χ0n) is 8.28. The molecule has 0 aliphatic carbocycles. The molecule has 0 aliphatic heterocycles. The number of hydrogen-bond acceptors (Lipinski definition) is 3. The van der Waals surface area contributed by atoms with E-state index in [4.69, 9.17) is 0 Å². The molecular weight excluding hydrogens is 178 g/mol. The SMILES string of the molecule is CNCc1c2c(O)cccc2nn1C. The molecule has 0 fully saturated rings. The zero-order chi connectivity index (χ0) is 10.1. The van der Waals surface area contributed by atoms with Gasteiger partial charge in [0.25, 0.3) is 0 Å². The molecular formula is C10H13N3O. The van der Waals surface area contributed by atoms with Gasteiger partial charge in [0.05, 0.1) is 16.6 Å². The molecule has 0 unspecified atom stereocenters. The van der Waals surface area contributed by atoms with Gasteiger partial charge in [-0.15, -0.1) is 0 Å². The second kappa shape index (κ2) is 3.31. The summed E-state index contributed by atoms with van der Waals surface area (Å²) in [6.07, 6.45) is 0. The highest BCUT2D eigenvalue weighted by Gasteiger charge is 2.10. The predicted octanol–water partition coefficient (Wildman–Crippen LogP) is 0.998. The molecule has 0 aliphatic rings. The third kappa shape index (κ3) is 1.24. The van der Waals surface area contributed by atoms with E-state index < -0.39 is 0 Å². The molecule has 0 saturated heterocycles. The van der Waals surface area contributed by atoms with Crippen LogP contribution in [0.15, 0.2) is 18.2 Å². The van der Waals surface area contributed by atoms with E-state index >= 15 is 0 Å². The van der Waals surface area contributed by atoms with Crippen LogP contribution in [0.3, 0.4) is 0 Å². The topological polar surface area (TPSA) is 50.1 Å². The lowest BCUT2D eigenvalue weighted by molar-refractivity contribution is 0.481. The van der Waals surface area contributed by atoms with E-state index in [1.165, 1.54) is 0 Å². The Kier molecular flexibility index (Phi) is 2.13. The van der Waals surface area contributed by atoms with Crippen LogP contribution in [0.25, 0.3) is 10.9 Å². The largest absolute Gasteiger partial charge is 0.507 e. The molecule has 74 valence electrons. The number of phenols is 1. The van der Waals surface area contributed by atoms with Crippen molar-refractivity contribution >= 4 is 10.9 Å². The number of aryl methyl sites for hydroxylation is 1. The van der Waals surface area contributed by atoms with Gasteiger partial charge in [-0.3, -0.25) is 4.68 Å². The lowest BCUT2D eigenvalue weighted by Gasteiger charge is -2.01. The Morgan fingerprint density at radius 2 is 2.29 bits per heavy atom. The summed E-state index contributed by atoms with van der Waals surface area (Å²) in [7, 11) is 3.75. The van der Waals surface area contributed by atoms with Gasteiger partial charge in [-0.1, -0.05) is 6.07 Å². The first-order chi connectivity index (χ1) is 6.74. The Labute approximate surface area is 82.2 Å². The summed E-state index contributed by atoms with van der Waals surface area (Å²) in [4.78, 5) is 0. The van der Waals surface area contributed by atoms with E-state index in [0.29, 0.717) is 12.3 Å². The number of benzene rings is 1. The average Bonchev–Trinajstić information content (AvgIpc) is 2.45. The monoisotopic (exact) mass is 191 g/mol. The number of hydrogen-bond donors (Lipinski definition) is 2. The summed E-state index contributed by atoms with van der Waals surface area (Å²) in [6, 6.07) is 5.38. The summed E-state index contributed by atoms with van der Waals surface area (Å²) in [5.74, 6) is 0.292. The van der Waals surface area contributed by atoms with Crippen molar-refractivity contribution in [3.63, 3.8) is 0 Å². The van der Waals surface area contributed by atoms with E-state index in [1.807, 2.05) is 20.2 Å². The number of nitrogens with one attached hydrogen (secondary N) is 1. The number of nitrogens with zero attached hydrogens (tertiary/aromatic N) is 2. The molecule has 0 atom stereocenters. The van der Waals surface area contributed by atoms with Crippen molar-refractivity contribution in [2.45, 2.75) is 6.54 Å². The van der Waals surface area contributed by atoms with Crippen LogP contribution in [0.2, 0.25) is 0 Å². The molecule has 2 N–H and O–H groups in total. The number of fused-ring (bicyclic) bond motifs is 1. The molecule has 2 rings (SSSR count). The highest BCUT2D eigenvalue weighted by molar-refractivity contribution is 5.87. The van der Waals surface area contributed by atoms with E-state index in [9.17, 15) is 5.11 Å². The Bertz CT molecular complexity index is 462. The second-order valence-electron chi connectivity index (χ2n) is 3.27. The Morgan fingerprint density at radius 1 is 1.50 bits per heavy atom. The highest BCUT2D eigenvalue weighted by Crippen LogP contribution is 2.26. The zero-order valence-corrected chi connectivity index (χ0v) is 8.28. The number of aromatic nitrogens is 2. The minimum absolute atomic E-state index is 0.292. The van der Waals surface area contributed by atoms with Gasteiger partial charge in [-0.05, 0) is 19.2 Å². The van der Waals surface area contributed by atoms with Gasteiger partial charge >= 0.3 is 0 Å². The summed E-state index contributed by atoms with van der Waals surface area (Å²) in [5.41, 5.74) is 1.83. The maximum atomic E-state index is 9.71. The van der Waals surface area contributed by atoms with Crippen LogP contribution >= 0.6 is 0 Å². The molecule has 0 amide bonds. The quantitative estimate of drug-likeness (QED) is 0.744. The second-order valence-corrected chi connectivity index (χ2v) is 3.27. The van der Waals surface area contributed by atoms with Crippen molar-refractivity contribution in [1.29, 1.82) is 0 Å². The highest BCUT2D eigenvalue weighted by atomic mass is 16.3. The molecule has 14 heavy (non-hydrogen) atoms. The van der Waals surface area contributed by atoms with Crippen LogP contribution in [0.5, 0.6) is 5.75 Å². The van der Waals surface area contributed by atoms with Crippen molar-refractivity contribution in [1.82, 2.24) is 15.1 Å². The summed E-state index contributed by atoms with van der Waals surface area (Å²) in [6.45, 7) is 0.699. The van der Waals surface area contributed by atoms with Crippen LogP contribution < -0.4 is 5.32 Å². The van der Waals surface area contributed by atoms with Gasteiger partial charge in [0.1, 0.15) is 5.75 Å². The number of phenolic OH excluding ortho intramolecular Hbond substituents is 1. The molecule has 1 aromatic heterocycles. The Hall–Kier alpha value is -1.55. The fraction of sp³-hybridized carbons (Fsp3) is 0.300. The maximum Gasteiger partial charge on any atom is 0.126 e. The van der Waals surface area contributed by atoms with Crippen LogP contribution in [0, 0.1) is 0 Å². The minimum Gasteiger partial charge on any atom is -0.507 e. The number of rotatable bonds is 2. The fourth-order valence-corrected chi connectivity index (χ4v) is 1.66. The van der Waals surface area contributed by atoms with Crippen molar-refractivity contribution in [2.24, 2.45) is 7.05 Å². The van der Waals surface area contributed by atoms with E-state index in [0.717, 1.165) is 16.6 Å². The molecule has 0 saturated carbocycles. The van der Waals surface area contributed by atoms with Gasteiger partial charge < -0.3 is 10.4 Å². The van der Waals surface area contributed by atoms with Gasteiger partial charge in [-0.25, -0.2) is 0 Å². The average molecular weight is 191 g/mol. The lowest BCUT2D eigenvalue weighted by Crippen LogP contribution is -2.09. The normalized spacial score (nSPS) is 11.0. The standard InChI is InChI=1S/C10H13N3O/c1-11-6-8-10-7(12-13(8)2)4-3-5-9(10)14/h3-5,11,14H,6H2,1-2H3. The molecule has 4 nitrogen and oxygen atoms in total. The third-order valence-corrected chi connectivity index (χ3v) is 2.30. The smallest absolute Gasteiger partial charge is 0.126 e. The van der Waals surface area contributed by atoms with Crippen molar-refractivity contribution < 1.29 is 5.11 Å². The summed E-state index contributed by atoms with van der Waals surface area (Å²) >= 11 is 0. The van der Waals surface area contributed by atoms with Gasteiger partial charge in [0, 0.05) is 13.6 Å². The predicted molar refractivity (Wildman–Crippen MR) is 55.1 cm³/mol. The Balaban J connectivity index is 2.73. The molecule has 1 heterocycles. The molecule has 2 aromatic rings. The van der Waals surface area contributed by atoms with Crippen LogP contribution in [-0.2, 0) is 13.6 Å². The van der Waals surface area contributed by atoms with Crippen LogP contribution in [-0.4, -0.2) is 21.9 Å². The molecule has 1 aromatic carbocycles. The third-order valence-electron chi connectivity index (χ3n) is 2.30. The maximum absolute atomic E-state index is 9.71. The van der Waals surface area contributed by atoms with Crippen molar-refractivity contribution in [3.8, 4) is 5.75 Å². The first kappa shape index (κ1) is 9.02. The van der Waals surface area contributed by atoms with E-state index in [-0.39, 0.29) is 0 Å². The molecule has 4 heteroatoms. The van der Waals surface area contributed by atoms with Gasteiger partial charge in [0.2, 0.25) is 0 Å². The summed E-state index contributed by atoms with van der Waals surface area (Å²) < 4.78 is 1.79. The molecule has 0 radical (unpaired) electrons. The Morgan fingerprint density at radius 3 is 3.00 bits per heavy atom. The van der Waals surface area contributed by atoms with Crippen molar-refractivity contribution in [2.75, 3.05) is 7.05 Å². The first-order valence-electron chi connectivity index (χ1n) is 4.52. The first-order valence-corrected chi connectivity index (χ1v) is 4.52. The van der Waals surface area contributed by atoms with Crippen molar-refractivity contribution in [3.05, 3.63) is 23.9 Å². The van der Waals surface area contributed by atoms with E-state index in [2.05, 4.69) is 10.4 Å². The lowest BCUT2D eigenvalue weighted by atomic mass is 10.2. The fourth-order valence-electron chi connectivity index (χ4n) is 1.66. The number of aromatic hydroxyl groups is 1. The molecule has 0 spiro atoms. The van der Waals surface area contributed by atoms with Gasteiger partial charge in [0.15, 0.2) is 0 Å². The molecule has 0 bridgehead atoms. The minimum atomic E-state index is 0.292. The van der Waals surface area contributed by atoms with Crippen LogP contribution in [0.4, 0.5) is 0 Å². The van der Waals surface area contributed by atoms with Crippen LogP contribution in [0.1, 0.15) is 5.69 Å². The summed E-state index contributed by atoms with van der Waals surface area (Å²) in [5, 5.41) is 17.9. The van der Waals surface area contributed by atoms with E-state index in [1.54, 1.807) is 16.8 Å².